The summed E-state index contributed by atoms with van der Waals surface area (Å²) in [6.07, 6.45) is 2.28. The highest BCUT2D eigenvalue weighted by molar-refractivity contribution is 7.07. The van der Waals surface area contributed by atoms with E-state index < -0.39 is 6.10 Å². The number of hydrogen-bond donors (Lipinski definition) is 1. The molecule has 2 rings (SSSR count). The molecule has 1 aromatic heterocycles. The lowest BCUT2D eigenvalue weighted by molar-refractivity contribution is -0.0171. The third kappa shape index (κ3) is 6.45. The van der Waals surface area contributed by atoms with E-state index >= 15 is 0 Å². The van der Waals surface area contributed by atoms with Crippen molar-refractivity contribution in [1.82, 2.24) is 4.90 Å². The molecule has 1 fully saturated rings. The van der Waals surface area contributed by atoms with Crippen LogP contribution in [0.15, 0.2) is 16.8 Å². The Bertz CT molecular complexity index is 377. The second kappa shape index (κ2) is 8.86. The van der Waals surface area contributed by atoms with Crippen LogP contribution in [0.1, 0.15) is 32.3 Å². The molecule has 21 heavy (non-hydrogen) atoms. The van der Waals surface area contributed by atoms with Crippen molar-refractivity contribution in [2.75, 3.05) is 26.3 Å². The topological polar surface area (TPSA) is 41.9 Å². The molecule has 0 radical (unpaired) electrons. The largest absolute Gasteiger partial charge is 0.389 e. The summed E-state index contributed by atoms with van der Waals surface area (Å²) < 4.78 is 11.2. The zero-order chi connectivity index (χ0) is 15.1. The van der Waals surface area contributed by atoms with Crippen molar-refractivity contribution in [3.63, 3.8) is 0 Å². The van der Waals surface area contributed by atoms with E-state index in [4.69, 9.17) is 9.47 Å². The smallest absolute Gasteiger partial charge is 0.0900 e. The molecule has 0 spiro atoms. The van der Waals surface area contributed by atoms with Gasteiger partial charge in [0.05, 0.1) is 24.9 Å². The van der Waals surface area contributed by atoms with Crippen molar-refractivity contribution >= 4 is 11.3 Å². The molecule has 0 bridgehead atoms. The van der Waals surface area contributed by atoms with Gasteiger partial charge in [-0.2, -0.15) is 11.3 Å². The van der Waals surface area contributed by atoms with Gasteiger partial charge < -0.3 is 14.6 Å². The van der Waals surface area contributed by atoms with Gasteiger partial charge in [0.1, 0.15) is 0 Å². The zero-order valence-corrected chi connectivity index (χ0v) is 13.8. The Balaban J connectivity index is 1.84. The first-order valence-corrected chi connectivity index (χ1v) is 8.72. The van der Waals surface area contributed by atoms with E-state index in [-0.39, 0.29) is 6.10 Å². The van der Waals surface area contributed by atoms with Gasteiger partial charge in [-0.25, -0.2) is 0 Å². The Kier molecular flexibility index (Phi) is 7.13. The van der Waals surface area contributed by atoms with Crippen LogP contribution in [0.25, 0.3) is 0 Å². The summed E-state index contributed by atoms with van der Waals surface area (Å²) in [5.41, 5.74) is 1.30. The van der Waals surface area contributed by atoms with Gasteiger partial charge in [0.2, 0.25) is 0 Å². The highest BCUT2D eigenvalue weighted by Crippen LogP contribution is 2.16. The summed E-state index contributed by atoms with van der Waals surface area (Å²) in [5, 5.41) is 14.4. The molecule has 1 aliphatic heterocycles. The molecule has 1 aliphatic rings. The monoisotopic (exact) mass is 313 g/mol. The number of rotatable bonds is 9. The predicted molar refractivity (Wildman–Crippen MR) is 85.7 cm³/mol. The summed E-state index contributed by atoms with van der Waals surface area (Å²) in [5.74, 6) is 0. The van der Waals surface area contributed by atoms with Crippen molar-refractivity contribution in [3.05, 3.63) is 22.4 Å². The molecular formula is C16H27NO3S. The van der Waals surface area contributed by atoms with Gasteiger partial charge in [-0.15, -0.1) is 0 Å². The summed E-state index contributed by atoms with van der Waals surface area (Å²) in [4.78, 5) is 2.28. The van der Waals surface area contributed by atoms with Gasteiger partial charge in [-0.1, -0.05) is 0 Å². The minimum Gasteiger partial charge on any atom is -0.389 e. The summed E-state index contributed by atoms with van der Waals surface area (Å²) in [7, 11) is 0. The van der Waals surface area contributed by atoms with Crippen molar-refractivity contribution in [2.24, 2.45) is 0 Å². The molecule has 1 saturated heterocycles. The molecule has 120 valence electrons. The van der Waals surface area contributed by atoms with Crippen LogP contribution in [-0.4, -0.2) is 54.6 Å². The predicted octanol–water partition coefficient (Wildman–Crippen LogP) is 2.52. The van der Waals surface area contributed by atoms with E-state index in [2.05, 4.69) is 21.7 Å². The fourth-order valence-electron chi connectivity index (χ4n) is 2.58. The van der Waals surface area contributed by atoms with Crippen molar-refractivity contribution in [3.8, 4) is 0 Å². The minimum absolute atomic E-state index is 0.156. The Labute approximate surface area is 131 Å². The molecule has 0 amide bonds. The molecule has 0 saturated carbocycles. The van der Waals surface area contributed by atoms with Crippen LogP contribution in [0.3, 0.4) is 0 Å². The second-order valence-corrected chi connectivity index (χ2v) is 6.78. The lowest BCUT2D eigenvalue weighted by Crippen LogP contribution is -2.39. The maximum atomic E-state index is 10.2. The normalized spacial score (nSPS) is 20.5. The molecule has 0 aromatic carbocycles. The molecule has 5 heteroatoms. The van der Waals surface area contributed by atoms with E-state index in [0.29, 0.717) is 19.3 Å². The molecule has 4 nitrogen and oxygen atoms in total. The summed E-state index contributed by atoms with van der Waals surface area (Å²) in [6.45, 7) is 7.61. The third-order valence-electron chi connectivity index (χ3n) is 3.56. The fourth-order valence-corrected chi connectivity index (χ4v) is 3.23. The standard InChI is InChI=1S/C16H27NO3S/c1-13(2)20-11-15(18)9-17(8-14-5-7-21-12-14)10-16-4-3-6-19-16/h5,7,12-13,15-16,18H,3-4,6,8-11H2,1-2H3/t15-,16-/m0/s1. The van der Waals surface area contributed by atoms with E-state index in [0.717, 1.165) is 32.5 Å². The second-order valence-electron chi connectivity index (χ2n) is 6.00. The number of nitrogens with zero attached hydrogens (tertiary/aromatic N) is 1. The average molecular weight is 313 g/mol. The quantitative estimate of drug-likeness (QED) is 0.761. The van der Waals surface area contributed by atoms with E-state index in [1.54, 1.807) is 11.3 Å². The van der Waals surface area contributed by atoms with Gasteiger partial charge >= 0.3 is 0 Å². The van der Waals surface area contributed by atoms with Gasteiger partial charge in [0.25, 0.3) is 0 Å². The average Bonchev–Trinajstić information content (AvgIpc) is 3.10. The fraction of sp³-hybridized carbons (Fsp3) is 0.750. The molecule has 2 atom stereocenters. The van der Waals surface area contributed by atoms with Gasteiger partial charge in [-0.3, -0.25) is 4.90 Å². The first kappa shape index (κ1) is 16.9. The molecule has 1 N–H and O–H groups in total. The number of thiophene rings is 1. The minimum atomic E-state index is -0.451. The van der Waals surface area contributed by atoms with E-state index in [9.17, 15) is 5.11 Å². The first-order chi connectivity index (χ1) is 10.1. The maximum Gasteiger partial charge on any atom is 0.0900 e. The molecular weight excluding hydrogens is 286 g/mol. The highest BCUT2D eigenvalue weighted by Gasteiger charge is 2.21. The Hall–Kier alpha value is -0.460. The van der Waals surface area contributed by atoms with Crippen LogP contribution in [-0.2, 0) is 16.0 Å². The van der Waals surface area contributed by atoms with Crippen LogP contribution in [0.4, 0.5) is 0 Å². The van der Waals surface area contributed by atoms with Gasteiger partial charge in [-0.05, 0) is 49.1 Å². The number of aliphatic hydroxyl groups excluding tert-OH is 1. The lowest BCUT2D eigenvalue weighted by atomic mass is 10.2. The maximum absolute atomic E-state index is 10.2. The Morgan fingerprint density at radius 1 is 1.52 bits per heavy atom. The summed E-state index contributed by atoms with van der Waals surface area (Å²) >= 11 is 1.71. The number of aliphatic hydroxyl groups is 1. The third-order valence-corrected chi connectivity index (χ3v) is 4.30. The van der Waals surface area contributed by atoms with Crippen molar-refractivity contribution in [2.45, 2.75) is 51.5 Å². The van der Waals surface area contributed by atoms with Crippen LogP contribution in [0, 0.1) is 0 Å². The zero-order valence-electron chi connectivity index (χ0n) is 13.0. The van der Waals surface area contributed by atoms with Crippen LogP contribution in [0.2, 0.25) is 0 Å². The Morgan fingerprint density at radius 3 is 3.00 bits per heavy atom. The summed E-state index contributed by atoms with van der Waals surface area (Å²) in [6, 6.07) is 2.14. The van der Waals surface area contributed by atoms with Gasteiger partial charge in [0, 0.05) is 26.2 Å². The number of hydrogen-bond acceptors (Lipinski definition) is 5. The van der Waals surface area contributed by atoms with E-state index in [1.165, 1.54) is 5.56 Å². The molecule has 1 aromatic rings. The lowest BCUT2D eigenvalue weighted by Gasteiger charge is -2.27. The Morgan fingerprint density at radius 2 is 2.38 bits per heavy atom. The molecule has 2 heterocycles. The molecule has 0 unspecified atom stereocenters. The van der Waals surface area contributed by atoms with Crippen molar-refractivity contribution < 1.29 is 14.6 Å². The van der Waals surface area contributed by atoms with Crippen LogP contribution in [0.5, 0.6) is 0 Å². The van der Waals surface area contributed by atoms with Crippen LogP contribution >= 0.6 is 11.3 Å². The molecule has 0 aliphatic carbocycles. The first-order valence-electron chi connectivity index (χ1n) is 7.78. The SMILES string of the molecule is CC(C)OC[C@@H](O)CN(Cc1ccsc1)C[C@@H]1CCCO1. The van der Waals surface area contributed by atoms with E-state index in [1.807, 2.05) is 13.8 Å². The van der Waals surface area contributed by atoms with Crippen molar-refractivity contribution in [1.29, 1.82) is 0 Å². The van der Waals surface area contributed by atoms with Gasteiger partial charge in [0.15, 0.2) is 0 Å². The highest BCUT2D eigenvalue weighted by atomic mass is 32.1. The number of ether oxygens (including phenoxy) is 2. The van der Waals surface area contributed by atoms with Crippen LogP contribution < -0.4 is 0 Å².